The number of alkyl halides is 2. The first-order chi connectivity index (χ1) is 5.40. The van der Waals surface area contributed by atoms with Crippen molar-refractivity contribution in [2.45, 2.75) is 24.3 Å². The third-order valence-electron chi connectivity index (χ3n) is 2.02. The lowest BCUT2D eigenvalue weighted by Crippen LogP contribution is -2.62. The fourth-order valence-electron chi connectivity index (χ4n) is 1.08. The molecule has 3 nitrogen and oxygen atoms in total. The molecule has 0 saturated carbocycles. The summed E-state index contributed by atoms with van der Waals surface area (Å²) >= 11 is 0. The minimum atomic E-state index is -3.35. The SMILES string of the molecule is N[C@@]1(C(=O)O)CC=CCC1(F)F. The summed E-state index contributed by atoms with van der Waals surface area (Å²) in [7, 11) is 0. The average Bonchev–Trinajstić information content (AvgIpc) is 1.95. The Balaban J connectivity index is 3.02. The lowest BCUT2D eigenvalue weighted by Gasteiger charge is -2.34. The number of halogens is 2. The molecular formula is C7H9F2NO2. The highest BCUT2D eigenvalue weighted by Gasteiger charge is 2.56. The number of nitrogens with two attached hydrogens (primary N) is 1. The van der Waals surface area contributed by atoms with Crippen molar-refractivity contribution < 1.29 is 18.7 Å². The van der Waals surface area contributed by atoms with Crippen LogP contribution in [0.3, 0.4) is 0 Å². The van der Waals surface area contributed by atoms with Crippen molar-refractivity contribution in [3.05, 3.63) is 12.2 Å². The Labute approximate surface area is 67.9 Å². The van der Waals surface area contributed by atoms with Crippen molar-refractivity contribution in [1.82, 2.24) is 0 Å². The molecule has 0 heterocycles. The molecule has 0 aromatic carbocycles. The highest BCUT2D eigenvalue weighted by molar-refractivity contribution is 5.80. The molecule has 0 radical (unpaired) electrons. The first kappa shape index (κ1) is 9.12. The monoisotopic (exact) mass is 177 g/mol. The molecule has 0 fully saturated rings. The van der Waals surface area contributed by atoms with Crippen LogP contribution in [0.25, 0.3) is 0 Å². The number of aliphatic carboxylic acids is 1. The molecule has 0 amide bonds. The zero-order chi connectivity index (χ0) is 9.41. The van der Waals surface area contributed by atoms with Crippen molar-refractivity contribution in [2.75, 3.05) is 0 Å². The van der Waals surface area contributed by atoms with Crippen LogP contribution in [0.2, 0.25) is 0 Å². The van der Waals surface area contributed by atoms with E-state index >= 15 is 0 Å². The minimum Gasteiger partial charge on any atom is -0.480 e. The van der Waals surface area contributed by atoms with E-state index in [1.54, 1.807) is 0 Å². The maximum atomic E-state index is 12.9. The summed E-state index contributed by atoms with van der Waals surface area (Å²) < 4.78 is 25.9. The van der Waals surface area contributed by atoms with Gasteiger partial charge in [0, 0.05) is 12.8 Å². The van der Waals surface area contributed by atoms with E-state index < -0.39 is 23.9 Å². The van der Waals surface area contributed by atoms with E-state index in [1.165, 1.54) is 12.2 Å². The van der Waals surface area contributed by atoms with E-state index in [0.29, 0.717) is 0 Å². The van der Waals surface area contributed by atoms with Gasteiger partial charge < -0.3 is 10.8 Å². The summed E-state index contributed by atoms with van der Waals surface area (Å²) in [5.74, 6) is -5.01. The molecule has 1 aliphatic rings. The second-order valence-electron chi connectivity index (χ2n) is 2.86. The van der Waals surface area contributed by atoms with Crippen LogP contribution in [0.5, 0.6) is 0 Å². The van der Waals surface area contributed by atoms with Crippen LogP contribution >= 0.6 is 0 Å². The summed E-state index contributed by atoms with van der Waals surface area (Å²) in [5, 5.41) is 8.49. The van der Waals surface area contributed by atoms with E-state index in [-0.39, 0.29) is 6.42 Å². The largest absolute Gasteiger partial charge is 0.480 e. The van der Waals surface area contributed by atoms with Gasteiger partial charge in [0.1, 0.15) is 0 Å². The molecular weight excluding hydrogens is 168 g/mol. The van der Waals surface area contributed by atoms with Crippen LogP contribution in [-0.2, 0) is 4.79 Å². The van der Waals surface area contributed by atoms with Gasteiger partial charge in [0.15, 0.2) is 5.54 Å². The van der Waals surface area contributed by atoms with Gasteiger partial charge >= 0.3 is 5.97 Å². The standard InChI is InChI=1S/C7H9F2NO2/c8-7(9)4-2-1-3-6(7,10)5(11)12/h1-2H,3-4,10H2,(H,11,12)/t6-/m1/s1. The zero-order valence-electron chi connectivity index (χ0n) is 6.26. The van der Waals surface area contributed by atoms with Crippen molar-refractivity contribution in [3.63, 3.8) is 0 Å². The summed E-state index contributed by atoms with van der Waals surface area (Å²) in [6.07, 6.45) is 1.69. The molecule has 68 valence electrons. The number of hydrogen-bond acceptors (Lipinski definition) is 2. The fourth-order valence-corrected chi connectivity index (χ4v) is 1.08. The third-order valence-corrected chi connectivity index (χ3v) is 2.02. The number of rotatable bonds is 1. The van der Waals surface area contributed by atoms with Crippen LogP contribution in [0.15, 0.2) is 12.2 Å². The van der Waals surface area contributed by atoms with Gasteiger partial charge in [-0.25, -0.2) is 13.6 Å². The fraction of sp³-hybridized carbons (Fsp3) is 0.571. The quantitative estimate of drug-likeness (QED) is 0.581. The maximum Gasteiger partial charge on any atom is 0.330 e. The zero-order valence-corrected chi connectivity index (χ0v) is 6.26. The topological polar surface area (TPSA) is 63.3 Å². The number of carboxylic acid groups (broad SMARTS) is 1. The molecule has 5 heteroatoms. The number of hydrogen-bond donors (Lipinski definition) is 2. The van der Waals surface area contributed by atoms with Gasteiger partial charge in [-0.1, -0.05) is 12.2 Å². The van der Waals surface area contributed by atoms with Gasteiger partial charge in [-0.15, -0.1) is 0 Å². The van der Waals surface area contributed by atoms with Crippen LogP contribution in [0.1, 0.15) is 12.8 Å². The van der Waals surface area contributed by atoms with Gasteiger partial charge in [-0.3, -0.25) is 0 Å². The van der Waals surface area contributed by atoms with Gasteiger partial charge in [0.05, 0.1) is 0 Å². The molecule has 12 heavy (non-hydrogen) atoms. The van der Waals surface area contributed by atoms with Crippen molar-refractivity contribution in [2.24, 2.45) is 5.73 Å². The molecule has 1 atom stereocenters. The van der Waals surface area contributed by atoms with E-state index in [2.05, 4.69) is 0 Å². The highest BCUT2D eigenvalue weighted by Crippen LogP contribution is 2.36. The average molecular weight is 177 g/mol. The van der Waals surface area contributed by atoms with Crippen molar-refractivity contribution in [1.29, 1.82) is 0 Å². The number of carboxylic acids is 1. The molecule has 0 bridgehead atoms. The highest BCUT2D eigenvalue weighted by atomic mass is 19.3. The van der Waals surface area contributed by atoms with Crippen LogP contribution < -0.4 is 5.73 Å². The second kappa shape index (κ2) is 2.52. The maximum absolute atomic E-state index is 12.9. The Kier molecular flexibility index (Phi) is 1.91. The Morgan fingerprint density at radius 3 is 2.25 bits per heavy atom. The lowest BCUT2D eigenvalue weighted by atomic mass is 9.83. The summed E-state index contributed by atoms with van der Waals surface area (Å²) in [4.78, 5) is 10.5. The van der Waals surface area contributed by atoms with Gasteiger partial charge in [-0.2, -0.15) is 0 Å². The molecule has 0 aromatic rings. The molecule has 0 saturated heterocycles. The number of carbonyl (C=O) groups is 1. The first-order valence-corrected chi connectivity index (χ1v) is 3.45. The van der Waals surface area contributed by atoms with Crippen molar-refractivity contribution >= 4 is 5.97 Å². The van der Waals surface area contributed by atoms with Gasteiger partial charge in [-0.05, 0) is 0 Å². The van der Waals surface area contributed by atoms with Gasteiger partial charge in [0.2, 0.25) is 0 Å². The number of allylic oxidation sites excluding steroid dienone is 1. The van der Waals surface area contributed by atoms with E-state index in [1.807, 2.05) is 0 Å². The predicted molar refractivity (Wildman–Crippen MR) is 37.9 cm³/mol. The normalized spacial score (nSPS) is 33.2. The molecule has 1 aliphatic carbocycles. The van der Waals surface area contributed by atoms with E-state index in [4.69, 9.17) is 10.8 Å². The summed E-state index contributed by atoms with van der Waals surface area (Å²) in [6.45, 7) is 0. The first-order valence-electron chi connectivity index (χ1n) is 3.45. The second-order valence-corrected chi connectivity index (χ2v) is 2.86. The molecule has 0 aromatic heterocycles. The Hall–Kier alpha value is -0.970. The smallest absolute Gasteiger partial charge is 0.330 e. The molecule has 0 spiro atoms. The Morgan fingerprint density at radius 1 is 1.42 bits per heavy atom. The Morgan fingerprint density at radius 2 is 1.92 bits per heavy atom. The molecule has 0 aliphatic heterocycles. The Bertz CT molecular complexity index is 240. The van der Waals surface area contributed by atoms with Crippen molar-refractivity contribution in [3.8, 4) is 0 Å². The minimum absolute atomic E-state index is 0.324. The predicted octanol–water partition coefficient (Wildman–Crippen LogP) is 0.754. The van der Waals surface area contributed by atoms with Crippen LogP contribution in [-0.4, -0.2) is 22.5 Å². The van der Waals surface area contributed by atoms with E-state index in [0.717, 1.165) is 0 Å². The molecule has 3 N–H and O–H groups in total. The van der Waals surface area contributed by atoms with Crippen LogP contribution in [0, 0.1) is 0 Å². The molecule has 0 unspecified atom stereocenters. The summed E-state index contributed by atoms with van der Waals surface area (Å²) in [6, 6.07) is 0. The summed E-state index contributed by atoms with van der Waals surface area (Å²) in [5.41, 5.74) is 2.65. The third kappa shape index (κ3) is 1.10. The van der Waals surface area contributed by atoms with Gasteiger partial charge in [0.25, 0.3) is 5.92 Å². The van der Waals surface area contributed by atoms with Crippen LogP contribution in [0.4, 0.5) is 8.78 Å². The van der Waals surface area contributed by atoms with E-state index in [9.17, 15) is 13.6 Å². The molecule has 1 rings (SSSR count). The lowest BCUT2D eigenvalue weighted by molar-refractivity contribution is -0.161.